The predicted molar refractivity (Wildman–Crippen MR) is 41.7 cm³/mol. The number of allylic oxidation sites excluding steroid dienone is 4. The van der Waals surface area contributed by atoms with Gasteiger partial charge in [-0.15, -0.1) is 0 Å². The fraction of sp³-hybridized carbons (Fsp3) is 0.429. The van der Waals surface area contributed by atoms with Crippen LogP contribution in [0.3, 0.4) is 0 Å². The maximum atomic E-state index is 12.7. The average molecular weight is 181 g/mol. The molecule has 0 fully saturated rings. The van der Waals surface area contributed by atoms with E-state index in [4.69, 9.17) is 23.2 Å². The van der Waals surface area contributed by atoms with Crippen LogP contribution in [0.25, 0.3) is 0 Å². The van der Waals surface area contributed by atoms with Crippen molar-refractivity contribution in [1.29, 1.82) is 0 Å². The van der Waals surface area contributed by atoms with Gasteiger partial charge in [0, 0.05) is 0 Å². The molecular weight excluding hydrogens is 174 g/mol. The molecule has 0 bridgehead atoms. The van der Waals surface area contributed by atoms with Gasteiger partial charge in [0.05, 0.1) is 10.1 Å². The van der Waals surface area contributed by atoms with Gasteiger partial charge in [0.25, 0.3) is 0 Å². The molecule has 0 aliphatic heterocycles. The number of halogens is 3. The van der Waals surface area contributed by atoms with Gasteiger partial charge in [-0.25, -0.2) is 4.39 Å². The molecule has 0 saturated heterocycles. The largest absolute Gasteiger partial charge is 0.204 e. The van der Waals surface area contributed by atoms with Crippen molar-refractivity contribution in [3.05, 3.63) is 22.0 Å². The molecule has 0 N–H and O–H groups in total. The van der Waals surface area contributed by atoms with Gasteiger partial charge in [-0.05, 0) is 12.3 Å². The summed E-state index contributed by atoms with van der Waals surface area (Å²) in [6.45, 7) is 1.94. The lowest BCUT2D eigenvalue weighted by Crippen LogP contribution is -1.98. The Kier molecular flexibility index (Phi) is 2.37. The first-order valence-corrected chi connectivity index (χ1v) is 3.78. The van der Waals surface area contributed by atoms with Crippen LogP contribution in [0.1, 0.15) is 13.3 Å². The van der Waals surface area contributed by atoms with Crippen molar-refractivity contribution >= 4 is 23.2 Å². The van der Waals surface area contributed by atoms with Crippen molar-refractivity contribution in [3.8, 4) is 0 Å². The average Bonchev–Trinajstić information content (AvgIpc) is 1.82. The lowest BCUT2D eigenvalue weighted by molar-refractivity contribution is 0.612. The Labute approximate surface area is 69.3 Å². The molecule has 1 rings (SSSR count). The van der Waals surface area contributed by atoms with Crippen molar-refractivity contribution in [3.63, 3.8) is 0 Å². The third-order valence-electron chi connectivity index (χ3n) is 1.38. The van der Waals surface area contributed by atoms with Crippen LogP contribution in [0.5, 0.6) is 0 Å². The van der Waals surface area contributed by atoms with E-state index >= 15 is 0 Å². The molecule has 0 nitrogen and oxygen atoms in total. The van der Waals surface area contributed by atoms with E-state index in [1.54, 1.807) is 6.08 Å². The standard InChI is InChI=1S/C7H7Cl2F/c1-4-2-5(8)7(10)6(9)3-4/h2,4H,3H2,1H3/t4-/m1/s1. The first-order valence-electron chi connectivity index (χ1n) is 3.03. The molecule has 0 saturated carbocycles. The van der Waals surface area contributed by atoms with E-state index in [0.717, 1.165) is 0 Å². The molecule has 1 atom stereocenters. The molecule has 0 radical (unpaired) electrons. The Morgan fingerprint density at radius 1 is 1.60 bits per heavy atom. The summed E-state index contributed by atoms with van der Waals surface area (Å²) in [7, 11) is 0. The number of hydrogen-bond donors (Lipinski definition) is 0. The Morgan fingerprint density at radius 3 is 2.70 bits per heavy atom. The van der Waals surface area contributed by atoms with Crippen molar-refractivity contribution in [2.45, 2.75) is 13.3 Å². The van der Waals surface area contributed by atoms with Crippen molar-refractivity contribution in [2.75, 3.05) is 0 Å². The normalized spacial score (nSPS) is 26.8. The smallest absolute Gasteiger partial charge is 0.155 e. The summed E-state index contributed by atoms with van der Waals surface area (Å²) in [6, 6.07) is 0. The molecular formula is C7H7Cl2F. The SMILES string of the molecule is C[C@@H]1C=C(Cl)C(F)=C(Cl)C1. The van der Waals surface area contributed by atoms with Gasteiger partial charge < -0.3 is 0 Å². The maximum Gasteiger partial charge on any atom is 0.155 e. The molecule has 0 aromatic rings. The summed E-state index contributed by atoms with van der Waals surface area (Å²) in [5, 5.41) is 0.378. The van der Waals surface area contributed by atoms with Crippen LogP contribution in [0.15, 0.2) is 22.0 Å². The summed E-state index contributed by atoms with van der Waals surface area (Å²) < 4.78 is 12.7. The summed E-state index contributed by atoms with van der Waals surface area (Å²) in [6.07, 6.45) is 2.23. The highest BCUT2D eigenvalue weighted by Gasteiger charge is 2.16. The molecule has 0 amide bonds. The van der Waals surface area contributed by atoms with Crippen LogP contribution in [0, 0.1) is 5.92 Å². The van der Waals surface area contributed by atoms with Gasteiger partial charge in [-0.2, -0.15) is 0 Å². The molecule has 0 aromatic heterocycles. The van der Waals surface area contributed by atoms with Gasteiger partial charge in [0.15, 0.2) is 5.83 Å². The quantitative estimate of drug-likeness (QED) is 0.535. The van der Waals surface area contributed by atoms with E-state index < -0.39 is 5.83 Å². The van der Waals surface area contributed by atoms with Crippen LogP contribution in [-0.4, -0.2) is 0 Å². The highest BCUT2D eigenvalue weighted by atomic mass is 35.5. The lowest BCUT2D eigenvalue weighted by Gasteiger charge is -2.12. The Bertz CT molecular complexity index is 206. The second-order valence-electron chi connectivity index (χ2n) is 2.41. The second kappa shape index (κ2) is 2.93. The minimum Gasteiger partial charge on any atom is -0.204 e. The van der Waals surface area contributed by atoms with Crippen molar-refractivity contribution < 1.29 is 4.39 Å². The highest BCUT2D eigenvalue weighted by molar-refractivity contribution is 6.35. The minimum absolute atomic E-state index is 0.142. The summed E-state index contributed by atoms with van der Waals surface area (Å²) >= 11 is 11.0. The van der Waals surface area contributed by atoms with Crippen LogP contribution in [0.2, 0.25) is 0 Å². The molecule has 1 aliphatic rings. The van der Waals surface area contributed by atoms with Crippen LogP contribution < -0.4 is 0 Å². The third-order valence-corrected chi connectivity index (χ3v) is 1.99. The zero-order chi connectivity index (χ0) is 7.72. The van der Waals surface area contributed by atoms with Crippen LogP contribution in [0.4, 0.5) is 4.39 Å². The van der Waals surface area contributed by atoms with Gasteiger partial charge in [-0.3, -0.25) is 0 Å². The first-order chi connectivity index (χ1) is 4.61. The van der Waals surface area contributed by atoms with Gasteiger partial charge in [-0.1, -0.05) is 36.2 Å². The van der Waals surface area contributed by atoms with E-state index in [2.05, 4.69) is 0 Å². The van der Waals surface area contributed by atoms with Gasteiger partial charge in [0.2, 0.25) is 0 Å². The van der Waals surface area contributed by atoms with Gasteiger partial charge in [0.1, 0.15) is 0 Å². The summed E-state index contributed by atoms with van der Waals surface area (Å²) in [5.41, 5.74) is 0. The second-order valence-corrected chi connectivity index (χ2v) is 3.28. The molecule has 0 spiro atoms. The highest BCUT2D eigenvalue weighted by Crippen LogP contribution is 2.33. The van der Waals surface area contributed by atoms with E-state index in [-0.39, 0.29) is 16.0 Å². The lowest BCUT2D eigenvalue weighted by atomic mass is 10.0. The van der Waals surface area contributed by atoms with Crippen LogP contribution >= 0.6 is 23.2 Å². The first kappa shape index (κ1) is 8.09. The predicted octanol–water partition coefficient (Wildman–Crippen LogP) is 3.57. The van der Waals surface area contributed by atoms with Crippen LogP contribution in [-0.2, 0) is 0 Å². The Hall–Kier alpha value is -0.0100. The maximum absolute atomic E-state index is 12.7. The molecule has 0 aromatic carbocycles. The fourth-order valence-electron chi connectivity index (χ4n) is 0.884. The fourth-order valence-corrected chi connectivity index (χ4v) is 1.61. The zero-order valence-electron chi connectivity index (χ0n) is 5.50. The van der Waals surface area contributed by atoms with E-state index in [0.29, 0.717) is 6.42 Å². The molecule has 0 heterocycles. The Morgan fingerprint density at radius 2 is 2.20 bits per heavy atom. The minimum atomic E-state index is -0.471. The van der Waals surface area contributed by atoms with E-state index in [1.165, 1.54) is 0 Å². The van der Waals surface area contributed by atoms with Crippen molar-refractivity contribution in [2.24, 2.45) is 5.92 Å². The third kappa shape index (κ3) is 1.53. The molecule has 10 heavy (non-hydrogen) atoms. The number of hydrogen-bond acceptors (Lipinski definition) is 0. The van der Waals surface area contributed by atoms with Gasteiger partial charge >= 0.3 is 0 Å². The van der Waals surface area contributed by atoms with Crippen molar-refractivity contribution in [1.82, 2.24) is 0 Å². The zero-order valence-corrected chi connectivity index (χ0v) is 7.01. The monoisotopic (exact) mass is 180 g/mol. The summed E-state index contributed by atoms with van der Waals surface area (Å²) in [5.74, 6) is -0.221. The Balaban J connectivity index is 2.90. The molecule has 3 heteroatoms. The topological polar surface area (TPSA) is 0 Å². The molecule has 0 unspecified atom stereocenters. The molecule has 56 valence electrons. The summed E-state index contributed by atoms with van der Waals surface area (Å²) in [4.78, 5) is 0. The van der Waals surface area contributed by atoms with E-state index in [1.807, 2.05) is 6.92 Å². The van der Waals surface area contributed by atoms with E-state index in [9.17, 15) is 4.39 Å². The number of rotatable bonds is 0. The molecule has 1 aliphatic carbocycles.